The molecule has 0 aromatic carbocycles. The van der Waals surface area contributed by atoms with Gasteiger partial charge in [0.25, 0.3) is 0 Å². The van der Waals surface area contributed by atoms with Gasteiger partial charge in [0.2, 0.25) is 0 Å². The molecule has 3 atom stereocenters. The molecule has 2 saturated heterocycles. The summed E-state index contributed by atoms with van der Waals surface area (Å²) in [4.78, 5) is 11.4. The lowest BCUT2D eigenvalue weighted by molar-refractivity contribution is -0.274. The number of likely N-dealkylation sites (tertiary alicyclic amines) is 1. The van der Waals surface area contributed by atoms with E-state index in [1.807, 2.05) is 6.20 Å². The van der Waals surface area contributed by atoms with Crippen LogP contribution in [0.1, 0.15) is 57.3 Å². The molecule has 0 amide bonds. The van der Waals surface area contributed by atoms with Crippen molar-refractivity contribution in [2.45, 2.75) is 69.9 Å². The molecule has 2 N–H and O–H groups in total. The Morgan fingerprint density at radius 3 is 2.58 bits per heavy atom. The number of halogens is 3. The number of nitrogen functional groups attached to an aromatic ring is 1. The van der Waals surface area contributed by atoms with Gasteiger partial charge in [-0.05, 0) is 37.7 Å². The number of hydrogen-bond donors (Lipinski definition) is 1. The molecule has 3 fully saturated rings. The molecular formula is C23H30F3N5O2. The predicted molar refractivity (Wildman–Crippen MR) is 117 cm³/mol. The van der Waals surface area contributed by atoms with Crippen molar-refractivity contribution in [3.8, 4) is 17.0 Å². The van der Waals surface area contributed by atoms with Crippen molar-refractivity contribution in [2.24, 2.45) is 5.92 Å². The smallest absolute Gasteiger partial charge is 0.402 e. The van der Waals surface area contributed by atoms with E-state index in [0.29, 0.717) is 35.3 Å². The Kier molecular flexibility index (Phi) is 5.76. The third-order valence-electron chi connectivity index (χ3n) is 7.24. The van der Waals surface area contributed by atoms with E-state index in [0.717, 1.165) is 44.8 Å². The van der Waals surface area contributed by atoms with Crippen molar-refractivity contribution < 1.29 is 22.6 Å². The molecule has 3 aliphatic rings. The molecule has 0 spiro atoms. The van der Waals surface area contributed by atoms with E-state index in [1.54, 1.807) is 0 Å². The highest BCUT2D eigenvalue weighted by Gasteiger charge is 2.48. The number of piperidine rings is 1. The Balaban J connectivity index is 1.40. The van der Waals surface area contributed by atoms with Crippen LogP contribution < -0.4 is 10.5 Å². The van der Waals surface area contributed by atoms with Crippen molar-refractivity contribution in [2.75, 3.05) is 25.5 Å². The summed E-state index contributed by atoms with van der Waals surface area (Å²) in [6, 6.07) is 2.79. The molecule has 0 radical (unpaired) electrons. The van der Waals surface area contributed by atoms with Gasteiger partial charge < -0.3 is 19.8 Å². The summed E-state index contributed by atoms with van der Waals surface area (Å²) in [5, 5.41) is 0. The van der Waals surface area contributed by atoms with Gasteiger partial charge in [0.05, 0.1) is 5.69 Å². The molecule has 2 bridgehead atoms. The number of nitrogens with zero attached hydrogens (tertiary/aromatic N) is 4. The maximum Gasteiger partial charge on any atom is 0.573 e. The largest absolute Gasteiger partial charge is 0.573 e. The van der Waals surface area contributed by atoms with Crippen molar-refractivity contribution in [3.63, 3.8) is 0 Å². The van der Waals surface area contributed by atoms with Crippen LogP contribution in [0.15, 0.2) is 18.5 Å². The van der Waals surface area contributed by atoms with Gasteiger partial charge in [0.1, 0.15) is 5.82 Å². The lowest BCUT2D eigenvalue weighted by Crippen LogP contribution is -2.45. The quantitative estimate of drug-likeness (QED) is 0.707. The van der Waals surface area contributed by atoms with Crippen LogP contribution in [-0.2, 0) is 4.74 Å². The number of imidazole rings is 1. The Morgan fingerprint density at radius 2 is 1.94 bits per heavy atom. The van der Waals surface area contributed by atoms with Crippen LogP contribution in [0.3, 0.4) is 0 Å². The Hall–Kier alpha value is -2.33. The second kappa shape index (κ2) is 8.47. The lowest BCUT2D eigenvalue weighted by atomic mass is 9.98. The van der Waals surface area contributed by atoms with Crippen molar-refractivity contribution in [1.29, 1.82) is 0 Å². The standard InChI is InChI=1S/C23H30F3N5O2/c1-13(2)22-29-18(14-8-20(21(27)28-10-14)33-23(24,25)26)12-31(22)19-9-17-7-15(19)11-30(17)16-3-5-32-6-4-16/h8,10,12-13,15-17,19H,3-7,9,11H2,1-2H3,(H2,27,28)/t15-,17?,19+/m1/s1. The van der Waals surface area contributed by atoms with Gasteiger partial charge in [-0.3, -0.25) is 4.90 Å². The van der Waals surface area contributed by atoms with E-state index in [9.17, 15) is 13.2 Å². The average molecular weight is 466 g/mol. The van der Waals surface area contributed by atoms with Gasteiger partial charge in [-0.2, -0.15) is 0 Å². The zero-order chi connectivity index (χ0) is 23.3. The normalized spacial score (nSPS) is 26.4. The minimum Gasteiger partial charge on any atom is -0.402 e. The number of anilines is 1. The number of pyridine rings is 1. The molecule has 2 aromatic rings. The van der Waals surface area contributed by atoms with Gasteiger partial charge in [-0.15, -0.1) is 13.2 Å². The van der Waals surface area contributed by atoms with E-state index in [2.05, 4.69) is 33.0 Å². The molecular weight excluding hydrogens is 435 g/mol. The maximum atomic E-state index is 12.7. The first kappa shape index (κ1) is 22.5. The van der Waals surface area contributed by atoms with Crippen LogP contribution in [0.5, 0.6) is 5.75 Å². The summed E-state index contributed by atoms with van der Waals surface area (Å²) in [6.45, 7) is 6.95. The van der Waals surface area contributed by atoms with Crippen molar-refractivity contribution in [3.05, 3.63) is 24.3 Å². The van der Waals surface area contributed by atoms with Gasteiger partial charge >= 0.3 is 6.36 Å². The SMILES string of the molecule is CC(C)c1nc(-c2cnc(N)c(OC(F)(F)F)c2)cn1[C@H]1CC2C[C@@H]1CN2C1CCOCC1. The van der Waals surface area contributed by atoms with Crippen LogP contribution in [0, 0.1) is 5.92 Å². The predicted octanol–water partition coefficient (Wildman–Crippen LogP) is 4.36. The fourth-order valence-corrected chi connectivity index (χ4v) is 5.81. The number of rotatable bonds is 5. The molecule has 33 heavy (non-hydrogen) atoms. The molecule has 1 aliphatic carbocycles. The van der Waals surface area contributed by atoms with E-state index in [1.165, 1.54) is 18.7 Å². The van der Waals surface area contributed by atoms with Gasteiger partial charge in [0, 0.05) is 61.8 Å². The number of ether oxygens (including phenoxy) is 2. The molecule has 7 nitrogen and oxygen atoms in total. The first-order chi connectivity index (χ1) is 15.7. The van der Waals surface area contributed by atoms with E-state index in [-0.39, 0.29) is 11.7 Å². The maximum absolute atomic E-state index is 12.7. The highest BCUT2D eigenvalue weighted by atomic mass is 19.4. The molecule has 2 aromatic heterocycles. The van der Waals surface area contributed by atoms with Gasteiger partial charge in [-0.25, -0.2) is 9.97 Å². The minimum absolute atomic E-state index is 0.178. The summed E-state index contributed by atoms with van der Waals surface area (Å²) in [5.74, 6) is 0.854. The van der Waals surface area contributed by atoms with Crippen molar-refractivity contribution in [1.82, 2.24) is 19.4 Å². The topological polar surface area (TPSA) is 78.4 Å². The fourth-order valence-electron chi connectivity index (χ4n) is 5.81. The number of aromatic nitrogens is 3. The van der Waals surface area contributed by atoms with Crippen LogP contribution in [0.25, 0.3) is 11.3 Å². The average Bonchev–Trinajstić information content (AvgIpc) is 3.48. The molecule has 1 unspecified atom stereocenters. The number of alkyl halides is 3. The fraction of sp³-hybridized carbons (Fsp3) is 0.652. The first-order valence-electron chi connectivity index (χ1n) is 11.6. The van der Waals surface area contributed by atoms with Crippen molar-refractivity contribution >= 4 is 5.82 Å². The zero-order valence-corrected chi connectivity index (χ0v) is 18.9. The van der Waals surface area contributed by atoms with Crippen LogP contribution in [0.2, 0.25) is 0 Å². The Morgan fingerprint density at radius 1 is 1.18 bits per heavy atom. The van der Waals surface area contributed by atoms with E-state index in [4.69, 9.17) is 15.5 Å². The zero-order valence-electron chi connectivity index (χ0n) is 18.9. The van der Waals surface area contributed by atoms with Crippen LogP contribution >= 0.6 is 0 Å². The molecule has 5 rings (SSSR count). The number of nitrogens with two attached hydrogens (primary N) is 1. The Bertz CT molecular complexity index is 1000. The van der Waals surface area contributed by atoms with Crippen LogP contribution in [-0.4, -0.2) is 57.6 Å². The number of fused-ring (bicyclic) bond motifs is 2. The molecule has 1 saturated carbocycles. The summed E-state index contributed by atoms with van der Waals surface area (Å²) >= 11 is 0. The lowest BCUT2D eigenvalue weighted by Gasteiger charge is -2.39. The first-order valence-corrected chi connectivity index (χ1v) is 11.6. The molecule has 4 heterocycles. The summed E-state index contributed by atoms with van der Waals surface area (Å²) < 4.78 is 50.1. The second-order valence-electron chi connectivity index (χ2n) is 9.69. The number of hydrogen-bond acceptors (Lipinski definition) is 6. The summed E-state index contributed by atoms with van der Waals surface area (Å²) in [6.07, 6.45) is 3.03. The van der Waals surface area contributed by atoms with Crippen LogP contribution in [0.4, 0.5) is 19.0 Å². The minimum atomic E-state index is -4.84. The summed E-state index contributed by atoms with van der Waals surface area (Å²) in [5.41, 5.74) is 6.64. The molecule has 10 heteroatoms. The highest BCUT2D eigenvalue weighted by Crippen LogP contribution is 2.48. The third-order valence-corrected chi connectivity index (χ3v) is 7.24. The van der Waals surface area contributed by atoms with E-state index < -0.39 is 12.1 Å². The second-order valence-corrected chi connectivity index (χ2v) is 9.69. The van der Waals surface area contributed by atoms with Gasteiger partial charge in [-0.1, -0.05) is 13.8 Å². The monoisotopic (exact) mass is 465 g/mol. The summed E-state index contributed by atoms with van der Waals surface area (Å²) in [7, 11) is 0. The van der Waals surface area contributed by atoms with Gasteiger partial charge in [0.15, 0.2) is 11.6 Å². The molecule has 180 valence electrons. The Labute approximate surface area is 191 Å². The third kappa shape index (κ3) is 4.42. The molecule has 2 aliphatic heterocycles. The van der Waals surface area contributed by atoms with E-state index >= 15 is 0 Å². The highest BCUT2D eigenvalue weighted by molar-refractivity contribution is 5.64.